The van der Waals surface area contributed by atoms with E-state index in [-0.39, 0.29) is 63.7 Å². The summed E-state index contributed by atoms with van der Waals surface area (Å²) in [6.45, 7) is -5.42. The summed E-state index contributed by atoms with van der Waals surface area (Å²) in [5.74, 6) is -1.34. The van der Waals surface area contributed by atoms with Crippen molar-refractivity contribution in [3.63, 3.8) is 0 Å². The van der Waals surface area contributed by atoms with E-state index in [9.17, 15) is 17.3 Å². The summed E-state index contributed by atoms with van der Waals surface area (Å²) < 4.78 is 56.5. The molecule has 106 valence electrons. The molecule has 0 radical (unpaired) electrons. The second kappa shape index (κ2) is 7.99. The largest absolute Gasteiger partial charge is 1.00 e. The zero-order valence-corrected chi connectivity index (χ0v) is 15.0. The van der Waals surface area contributed by atoms with Crippen LogP contribution >= 0.6 is 11.6 Å². The van der Waals surface area contributed by atoms with Gasteiger partial charge in [0.1, 0.15) is 12.4 Å². The first-order chi connectivity index (χ1) is 9.36. The predicted molar refractivity (Wildman–Crippen MR) is 70.9 cm³/mol. The maximum Gasteiger partial charge on any atom is 1.00 e. The first kappa shape index (κ1) is 19.0. The van der Waals surface area contributed by atoms with E-state index in [4.69, 9.17) is 16.3 Å². The number of hydrogen-bond acceptors (Lipinski definition) is 1. The summed E-state index contributed by atoms with van der Waals surface area (Å²) in [6, 6.07) is 8.92. The normalized spacial score (nSPS) is 10.9. The van der Waals surface area contributed by atoms with Crippen molar-refractivity contribution >= 4 is 24.0 Å². The molecule has 8 heteroatoms. The maximum absolute atomic E-state index is 12.9. The Bertz CT molecular complexity index is 621. The molecule has 0 aromatic heterocycles. The van der Waals surface area contributed by atoms with Gasteiger partial charge in [-0.25, -0.2) is 4.39 Å². The minimum Gasteiger partial charge on any atom is -0.492 e. The summed E-state index contributed by atoms with van der Waals surface area (Å²) >= 11 is 5.77. The number of rotatable bonds is 4. The molecule has 0 saturated carbocycles. The molecule has 0 heterocycles. The molecule has 0 bridgehead atoms. The van der Waals surface area contributed by atoms with Crippen LogP contribution in [0.1, 0.15) is 5.56 Å². The smallest absolute Gasteiger partial charge is 0.492 e. The van der Waals surface area contributed by atoms with E-state index >= 15 is 0 Å². The van der Waals surface area contributed by atoms with Gasteiger partial charge in [-0.2, -0.15) is 0 Å². The van der Waals surface area contributed by atoms with Gasteiger partial charge in [0.25, 0.3) is 0 Å². The summed E-state index contributed by atoms with van der Waals surface area (Å²) in [7, 11) is 0. The quantitative estimate of drug-likeness (QED) is 0.598. The molecule has 1 nitrogen and oxygen atoms in total. The van der Waals surface area contributed by atoms with Crippen LogP contribution in [0.5, 0.6) is 5.75 Å². The Hall–Kier alpha value is -0.0487. The van der Waals surface area contributed by atoms with Crippen molar-refractivity contribution in [1.82, 2.24) is 0 Å². The average molecular weight is 343 g/mol. The molecule has 0 unspecified atom stereocenters. The molecule has 0 spiro atoms. The molecular weight excluding hydrogens is 333 g/mol. The first-order valence-corrected chi connectivity index (χ1v) is 6.11. The molecule has 2 aromatic rings. The van der Waals surface area contributed by atoms with Crippen LogP contribution in [0.2, 0.25) is 5.02 Å². The van der Waals surface area contributed by atoms with Gasteiger partial charge in [0.2, 0.25) is 0 Å². The number of benzene rings is 2. The molecule has 0 aliphatic heterocycles. The van der Waals surface area contributed by atoms with Crippen molar-refractivity contribution < 1.29 is 73.5 Å². The molecule has 0 saturated heterocycles. The van der Waals surface area contributed by atoms with Crippen molar-refractivity contribution in [2.24, 2.45) is 0 Å². The molecule has 0 aliphatic carbocycles. The average Bonchev–Trinajstić information content (AvgIpc) is 2.36. The van der Waals surface area contributed by atoms with Crippen molar-refractivity contribution in [3.05, 3.63) is 58.9 Å². The van der Waals surface area contributed by atoms with Gasteiger partial charge in [0, 0.05) is 5.02 Å². The van der Waals surface area contributed by atoms with Crippen molar-refractivity contribution in [1.29, 1.82) is 0 Å². The molecule has 0 aliphatic rings. The van der Waals surface area contributed by atoms with Gasteiger partial charge in [0.15, 0.2) is 0 Å². The third-order valence-corrected chi connectivity index (χ3v) is 2.84. The van der Waals surface area contributed by atoms with Gasteiger partial charge in [-0.15, -0.1) is 0 Å². The topological polar surface area (TPSA) is 9.23 Å². The Morgan fingerprint density at radius 3 is 2.38 bits per heavy atom. The van der Waals surface area contributed by atoms with Crippen molar-refractivity contribution in [3.8, 4) is 5.75 Å². The summed E-state index contributed by atoms with van der Waals surface area (Å²) in [5, 5.41) is 0.463. The number of halogens is 5. The van der Waals surface area contributed by atoms with E-state index in [0.717, 1.165) is 12.1 Å². The van der Waals surface area contributed by atoms with Gasteiger partial charge in [-0.1, -0.05) is 29.2 Å². The van der Waals surface area contributed by atoms with Gasteiger partial charge in [-0.3, -0.25) is 0 Å². The summed E-state index contributed by atoms with van der Waals surface area (Å²) in [5.41, 5.74) is -0.450. The van der Waals surface area contributed by atoms with E-state index in [1.54, 1.807) is 24.3 Å². The molecule has 0 amide bonds. The Kier molecular flexibility index (Phi) is 7.23. The van der Waals surface area contributed by atoms with E-state index in [0.29, 0.717) is 16.7 Å². The fraction of sp³-hybridized carbons (Fsp3) is 0.0769. The van der Waals surface area contributed by atoms with Crippen LogP contribution in [-0.4, -0.2) is 6.98 Å². The number of ether oxygens (including phenoxy) is 1. The fourth-order valence-corrected chi connectivity index (χ4v) is 1.91. The molecule has 21 heavy (non-hydrogen) atoms. The van der Waals surface area contributed by atoms with E-state index < -0.39 is 18.3 Å². The Balaban J connectivity index is 0.00000220. The minimum atomic E-state index is -5.34. The van der Waals surface area contributed by atoms with Crippen LogP contribution in [0.4, 0.5) is 17.3 Å². The van der Waals surface area contributed by atoms with E-state index in [1.807, 2.05) is 0 Å². The molecule has 0 atom stereocenters. The third kappa shape index (κ3) is 5.58. The molecular formula is C13H9BClF4KO. The maximum atomic E-state index is 12.9. The standard InChI is InChI=1S/C13H9BClF4O.K/c15-10-3-1-2-9(6-10)8-20-13-5-4-11(16)7-12(13)14(17,18)19;/h1-7H,8H2;/q-1;+1. The van der Waals surface area contributed by atoms with Gasteiger partial charge < -0.3 is 17.7 Å². The summed E-state index contributed by atoms with van der Waals surface area (Å²) in [4.78, 5) is 0. The Morgan fingerprint density at radius 2 is 1.76 bits per heavy atom. The SMILES string of the molecule is Fc1ccc(OCc2cccc(Cl)c2)c([B-](F)(F)F)c1.[K+]. The van der Waals surface area contributed by atoms with Crippen LogP contribution in [0.15, 0.2) is 42.5 Å². The van der Waals surface area contributed by atoms with Gasteiger partial charge >= 0.3 is 58.4 Å². The van der Waals surface area contributed by atoms with Crippen LogP contribution in [0, 0.1) is 5.82 Å². The van der Waals surface area contributed by atoms with E-state index in [1.165, 1.54) is 0 Å². The monoisotopic (exact) mass is 342 g/mol. The minimum absolute atomic E-state index is 0. The van der Waals surface area contributed by atoms with E-state index in [2.05, 4.69) is 0 Å². The van der Waals surface area contributed by atoms with Crippen LogP contribution < -0.4 is 61.6 Å². The zero-order valence-electron chi connectivity index (χ0n) is 11.1. The third-order valence-electron chi connectivity index (χ3n) is 2.61. The van der Waals surface area contributed by atoms with Crippen molar-refractivity contribution in [2.75, 3.05) is 0 Å². The van der Waals surface area contributed by atoms with Gasteiger partial charge in [-0.05, 0) is 35.9 Å². The Labute approximate surface area is 167 Å². The zero-order chi connectivity index (χ0) is 14.8. The number of hydrogen-bond donors (Lipinski definition) is 0. The molecule has 0 fully saturated rings. The second-order valence-corrected chi connectivity index (χ2v) is 4.61. The molecule has 2 rings (SSSR count). The Morgan fingerprint density at radius 1 is 1.05 bits per heavy atom. The van der Waals surface area contributed by atoms with Crippen LogP contribution in [-0.2, 0) is 6.61 Å². The predicted octanol–water partition coefficient (Wildman–Crippen LogP) is 1.12. The summed E-state index contributed by atoms with van der Waals surface area (Å²) in [6.07, 6.45) is 0. The van der Waals surface area contributed by atoms with Crippen LogP contribution in [0.3, 0.4) is 0 Å². The second-order valence-electron chi connectivity index (χ2n) is 4.18. The van der Waals surface area contributed by atoms with Gasteiger partial charge in [0.05, 0.1) is 5.75 Å². The molecule has 2 aromatic carbocycles. The van der Waals surface area contributed by atoms with Crippen LogP contribution in [0.25, 0.3) is 0 Å². The van der Waals surface area contributed by atoms with Crippen molar-refractivity contribution in [2.45, 2.75) is 6.61 Å². The molecule has 0 N–H and O–H groups in total. The first-order valence-electron chi connectivity index (χ1n) is 5.73. The fourth-order valence-electron chi connectivity index (χ4n) is 1.69.